The zero-order chi connectivity index (χ0) is 30.5. The molecule has 0 saturated carbocycles. The van der Waals surface area contributed by atoms with Crippen LogP contribution in [0.1, 0.15) is 71.1 Å². The van der Waals surface area contributed by atoms with Gasteiger partial charge in [-0.25, -0.2) is 14.6 Å². The molecule has 2 amide bonds. The number of amides is 2. The van der Waals surface area contributed by atoms with Gasteiger partial charge in [0.25, 0.3) is 0 Å². The summed E-state index contributed by atoms with van der Waals surface area (Å²) < 4.78 is 11.4. The van der Waals surface area contributed by atoms with Crippen molar-refractivity contribution in [3.63, 3.8) is 0 Å². The number of hydrogen-bond donors (Lipinski definition) is 3. The average Bonchev–Trinajstić information content (AvgIpc) is 3.54. The van der Waals surface area contributed by atoms with Gasteiger partial charge in [0.2, 0.25) is 11.8 Å². The van der Waals surface area contributed by atoms with Crippen molar-refractivity contribution in [1.82, 2.24) is 15.6 Å². The summed E-state index contributed by atoms with van der Waals surface area (Å²) >= 11 is 0. The molecule has 1 aromatic heterocycles. The summed E-state index contributed by atoms with van der Waals surface area (Å²) in [5.74, 6) is -1.47. The molecule has 0 fully saturated rings. The van der Waals surface area contributed by atoms with E-state index in [0.29, 0.717) is 12.8 Å². The Morgan fingerprint density at radius 2 is 1.51 bits per heavy atom. The van der Waals surface area contributed by atoms with Gasteiger partial charge in [-0.05, 0) is 47.1 Å². The molecular weight excluding hydrogens is 546 g/mol. The number of hydrogen-bond acceptors (Lipinski definition) is 6. The van der Waals surface area contributed by atoms with Crippen molar-refractivity contribution in [3.8, 4) is 11.1 Å². The Bertz CT molecular complexity index is 1570. The Morgan fingerprint density at radius 3 is 2.09 bits per heavy atom. The molecule has 0 saturated heterocycles. The van der Waals surface area contributed by atoms with Gasteiger partial charge in [-0.1, -0.05) is 92.7 Å². The highest BCUT2D eigenvalue weighted by molar-refractivity contribution is 5.87. The summed E-state index contributed by atoms with van der Waals surface area (Å²) in [5, 5.41) is 15.2. The second kappa shape index (κ2) is 12.9. The smallest absolute Gasteiger partial charge is 0.407 e. The van der Waals surface area contributed by atoms with Crippen LogP contribution in [0.2, 0.25) is 0 Å². The molecule has 0 radical (unpaired) electrons. The van der Waals surface area contributed by atoms with E-state index in [-0.39, 0.29) is 35.8 Å². The standard InChI is InChI=1S/C34H35N3O6/c1-20(2)17-28(36-34(41)42-19-27-25-15-9-7-13-23(25)24-14-8-10-16-26(24)27)31(38)35-29(18-22-11-5-4-6-12-22)32-37-30(33(39)40)21(3)43-32/h4-16,20,27-29H,17-19H2,1-3H3,(H,35,38)(H,36,41)(H,39,40)/t28-,29-/m0/s1. The molecule has 3 N–H and O–H groups in total. The quantitative estimate of drug-likeness (QED) is 0.197. The van der Waals surface area contributed by atoms with Crippen LogP contribution in [0.25, 0.3) is 11.1 Å². The molecule has 0 aliphatic heterocycles. The maximum atomic E-state index is 13.6. The van der Waals surface area contributed by atoms with Gasteiger partial charge >= 0.3 is 12.1 Å². The van der Waals surface area contributed by atoms with Crippen LogP contribution in [-0.4, -0.2) is 40.7 Å². The zero-order valence-electron chi connectivity index (χ0n) is 24.4. The van der Waals surface area contributed by atoms with E-state index in [1.165, 1.54) is 6.92 Å². The lowest BCUT2D eigenvalue weighted by molar-refractivity contribution is -0.124. The number of rotatable bonds is 11. The number of carbonyl (C=O) groups excluding carboxylic acids is 2. The van der Waals surface area contributed by atoms with E-state index >= 15 is 0 Å². The number of aromatic carboxylic acids is 1. The minimum absolute atomic E-state index is 0.0801. The first kappa shape index (κ1) is 29.6. The van der Waals surface area contributed by atoms with E-state index in [2.05, 4.69) is 27.8 Å². The summed E-state index contributed by atoms with van der Waals surface area (Å²) in [6, 6.07) is 23.9. The molecule has 1 heterocycles. The fraction of sp³-hybridized carbons (Fsp3) is 0.294. The third kappa shape index (κ3) is 6.77. The molecule has 0 bridgehead atoms. The molecule has 1 aliphatic carbocycles. The van der Waals surface area contributed by atoms with E-state index in [0.717, 1.165) is 27.8 Å². The van der Waals surface area contributed by atoms with Gasteiger partial charge in [-0.3, -0.25) is 4.79 Å². The molecule has 5 rings (SSSR count). The van der Waals surface area contributed by atoms with Gasteiger partial charge in [0.15, 0.2) is 5.69 Å². The normalized spacial score (nSPS) is 13.6. The molecule has 9 heteroatoms. The summed E-state index contributed by atoms with van der Waals surface area (Å²) in [7, 11) is 0. The summed E-state index contributed by atoms with van der Waals surface area (Å²) in [6.07, 6.45) is -0.0216. The van der Waals surface area contributed by atoms with Gasteiger partial charge in [0.05, 0.1) is 0 Å². The van der Waals surface area contributed by atoms with E-state index in [9.17, 15) is 19.5 Å². The molecule has 0 unspecified atom stereocenters. The summed E-state index contributed by atoms with van der Waals surface area (Å²) in [4.78, 5) is 42.5. The van der Waals surface area contributed by atoms with E-state index in [1.54, 1.807) is 0 Å². The SMILES string of the molecule is Cc1oc([C@H](Cc2ccccc2)NC(=O)[C@H](CC(C)C)NC(=O)OCC2c3ccccc3-c3ccccc32)nc1C(=O)O. The molecule has 9 nitrogen and oxygen atoms in total. The summed E-state index contributed by atoms with van der Waals surface area (Å²) in [5.41, 5.74) is 5.13. The van der Waals surface area contributed by atoms with Crippen molar-refractivity contribution in [2.45, 2.75) is 51.6 Å². The molecule has 2 atom stereocenters. The number of aromatic nitrogens is 1. The highest BCUT2D eigenvalue weighted by atomic mass is 16.5. The van der Waals surface area contributed by atoms with E-state index in [4.69, 9.17) is 9.15 Å². The first-order chi connectivity index (χ1) is 20.7. The Balaban J connectivity index is 1.30. The lowest BCUT2D eigenvalue weighted by Crippen LogP contribution is -2.49. The maximum absolute atomic E-state index is 13.6. The van der Waals surface area contributed by atoms with Crippen molar-refractivity contribution in [1.29, 1.82) is 0 Å². The minimum atomic E-state index is -1.22. The van der Waals surface area contributed by atoms with Crippen molar-refractivity contribution in [2.24, 2.45) is 5.92 Å². The fourth-order valence-corrected chi connectivity index (χ4v) is 5.57. The molecule has 222 valence electrons. The van der Waals surface area contributed by atoms with Crippen LogP contribution in [0.4, 0.5) is 4.79 Å². The van der Waals surface area contributed by atoms with Crippen molar-refractivity contribution >= 4 is 18.0 Å². The molecule has 43 heavy (non-hydrogen) atoms. The predicted molar refractivity (Wildman–Crippen MR) is 161 cm³/mol. The predicted octanol–water partition coefficient (Wildman–Crippen LogP) is 6.03. The topological polar surface area (TPSA) is 131 Å². The van der Waals surface area contributed by atoms with Gasteiger partial charge in [-0.15, -0.1) is 0 Å². The van der Waals surface area contributed by atoms with Gasteiger partial charge in [0.1, 0.15) is 24.5 Å². The number of alkyl carbamates (subject to hydrolysis) is 1. The van der Waals surface area contributed by atoms with Crippen LogP contribution in [0.3, 0.4) is 0 Å². The second-order valence-corrected chi connectivity index (χ2v) is 11.2. The fourth-order valence-electron chi connectivity index (χ4n) is 5.57. The number of carboxylic acid groups (broad SMARTS) is 1. The number of nitrogens with zero attached hydrogens (tertiary/aromatic N) is 1. The number of nitrogens with one attached hydrogen (secondary N) is 2. The number of benzene rings is 3. The first-order valence-electron chi connectivity index (χ1n) is 14.4. The van der Waals surface area contributed by atoms with Gasteiger partial charge < -0.3 is 24.9 Å². The van der Waals surface area contributed by atoms with Crippen LogP contribution in [0, 0.1) is 12.8 Å². The molecule has 3 aromatic carbocycles. The number of ether oxygens (including phenoxy) is 1. The molecule has 4 aromatic rings. The Labute approximate surface area is 250 Å². The Kier molecular flexibility index (Phi) is 8.90. The maximum Gasteiger partial charge on any atom is 0.407 e. The largest absolute Gasteiger partial charge is 0.476 e. The van der Waals surface area contributed by atoms with Crippen molar-refractivity contribution < 1.29 is 28.6 Å². The zero-order valence-corrected chi connectivity index (χ0v) is 24.4. The monoisotopic (exact) mass is 581 g/mol. The van der Waals surface area contributed by atoms with Crippen LogP contribution >= 0.6 is 0 Å². The second-order valence-electron chi connectivity index (χ2n) is 11.2. The first-order valence-corrected chi connectivity index (χ1v) is 14.4. The third-order valence-electron chi connectivity index (χ3n) is 7.57. The number of oxazole rings is 1. The minimum Gasteiger partial charge on any atom is -0.476 e. The third-order valence-corrected chi connectivity index (χ3v) is 7.57. The Hall–Kier alpha value is -4.92. The van der Waals surface area contributed by atoms with Crippen molar-refractivity contribution in [2.75, 3.05) is 6.61 Å². The number of aryl methyl sites for hydroxylation is 1. The van der Waals surface area contributed by atoms with E-state index < -0.39 is 30.1 Å². The van der Waals surface area contributed by atoms with Crippen LogP contribution in [-0.2, 0) is 16.0 Å². The highest BCUT2D eigenvalue weighted by Crippen LogP contribution is 2.44. The van der Waals surface area contributed by atoms with Gasteiger partial charge in [-0.2, -0.15) is 0 Å². The van der Waals surface area contributed by atoms with Crippen LogP contribution in [0.15, 0.2) is 83.3 Å². The number of carboxylic acids is 1. The van der Waals surface area contributed by atoms with Crippen LogP contribution in [0.5, 0.6) is 0 Å². The van der Waals surface area contributed by atoms with Crippen molar-refractivity contribution in [3.05, 3.63) is 113 Å². The van der Waals surface area contributed by atoms with E-state index in [1.807, 2.05) is 80.6 Å². The lowest BCUT2D eigenvalue weighted by atomic mass is 9.98. The molecule has 1 aliphatic rings. The number of carbonyl (C=O) groups is 3. The lowest BCUT2D eigenvalue weighted by Gasteiger charge is -2.23. The van der Waals surface area contributed by atoms with Gasteiger partial charge in [0, 0.05) is 12.3 Å². The molecule has 0 spiro atoms. The molecular formula is C34H35N3O6. The highest BCUT2D eigenvalue weighted by Gasteiger charge is 2.31. The number of fused-ring (bicyclic) bond motifs is 3. The Morgan fingerprint density at radius 1 is 0.907 bits per heavy atom. The van der Waals surface area contributed by atoms with Crippen LogP contribution < -0.4 is 10.6 Å². The average molecular weight is 582 g/mol. The summed E-state index contributed by atoms with van der Waals surface area (Å²) in [6.45, 7) is 5.55.